The smallest absolute Gasteiger partial charge is 0.453 e. The molecule has 0 bridgehead atoms. The van der Waals surface area contributed by atoms with Gasteiger partial charge in [0.25, 0.3) is 5.82 Å². The van der Waals surface area contributed by atoms with Crippen LogP contribution in [-0.2, 0) is 11.0 Å². The lowest BCUT2D eigenvalue weighted by atomic mass is 10.2. The fourth-order valence-electron chi connectivity index (χ4n) is 1.81. The van der Waals surface area contributed by atoms with Gasteiger partial charge < -0.3 is 20.6 Å². The molecule has 1 amide bonds. The number of halogens is 3. The number of rotatable bonds is 6. The number of ether oxygens (including phenoxy) is 2. The highest BCUT2D eigenvalue weighted by Crippen LogP contribution is 2.30. The molecule has 0 aliphatic rings. The van der Waals surface area contributed by atoms with Crippen molar-refractivity contribution in [3.05, 3.63) is 24.0 Å². The molecule has 1 heterocycles. The lowest BCUT2D eigenvalue weighted by molar-refractivity contribution is -0.146. The number of carbonyl (C=O) groups excluding carboxylic acids is 1. The first kappa shape index (κ1) is 18.7. The third-order valence-corrected chi connectivity index (χ3v) is 3.86. The monoisotopic (exact) mass is 377 g/mol. The second-order valence-electron chi connectivity index (χ2n) is 4.58. The molecule has 2 aromatic rings. The molecule has 8 nitrogen and oxygen atoms in total. The first-order valence-electron chi connectivity index (χ1n) is 6.68. The van der Waals surface area contributed by atoms with Crippen LogP contribution >= 0.6 is 11.8 Å². The fourth-order valence-corrected chi connectivity index (χ4v) is 2.47. The van der Waals surface area contributed by atoms with E-state index in [0.29, 0.717) is 21.9 Å². The summed E-state index contributed by atoms with van der Waals surface area (Å²) in [6.07, 6.45) is -4.72. The number of aromatic nitrogens is 3. The van der Waals surface area contributed by atoms with Crippen molar-refractivity contribution in [1.29, 1.82) is 0 Å². The zero-order valence-corrected chi connectivity index (χ0v) is 13.9. The van der Waals surface area contributed by atoms with Crippen molar-refractivity contribution in [1.82, 2.24) is 14.9 Å². The van der Waals surface area contributed by atoms with Gasteiger partial charge in [-0.2, -0.15) is 13.2 Å². The minimum Gasteiger partial charge on any atom is -0.493 e. The highest BCUT2D eigenvalue weighted by atomic mass is 32.2. The van der Waals surface area contributed by atoms with Gasteiger partial charge in [-0.25, -0.2) is 4.68 Å². The number of thioether (sulfide) groups is 1. The lowest BCUT2D eigenvalue weighted by Gasteiger charge is -2.10. The maximum Gasteiger partial charge on any atom is 0.453 e. The van der Waals surface area contributed by atoms with Crippen molar-refractivity contribution < 1.29 is 27.4 Å². The van der Waals surface area contributed by atoms with Crippen LogP contribution in [0.2, 0.25) is 0 Å². The Morgan fingerprint density at radius 3 is 2.52 bits per heavy atom. The number of nitrogens with two attached hydrogens (primary N) is 1. The first-order valence-corrected chi connectivity index (χ1v) is 7.67. The summed E-state index contributed by atoms with van der Waals surface area (Å²) in [7, 11) is 2.93. The molecule has 1 aromatic heterocycles. The van der Waals surface area contributed by atoms with Gasteiger partial charge in [-0.15, -0.1) is 10.2 Å². The van der Waals surface area contributed by atoms with E-state index in [9.17, 15) is 18.0 Å². The Kier molecular flexibility index (Phi) is 5.62. The molecule has 25 heavy (non-hydrogen) atoms. The average Bonchev–Trinajstić information content (AvgIpc) is 2.93. The zero-order valence-electron chi connectivity index (χ0n) is 13.1. The molecule has 0 aliphatic heterocycles. The van der Waals surface area contributed by atoms with E-state index in [4.69, 9.17) is 15.3 Å². The number of benzene rings is 1. The van der Waals surface area contributed by atoms with Crippen LogP contribution in [0.3, 0.4) is 0 Å². The van der Waals surface area contributed by atoms with Crippen LogP contribution in [0.5, 0.6) is 11.5 Å². The Hall–Kier alpha value is -2.63. The third kappa shape index (κ3) is 4.47. The molecule has 2 rings (SSSR count). The molecule has 12 heteroatoms. The number of hydrogen-bond acceptors (Lipinski definition) is 7. The molecule has 0 spiro atoms. The van der Waals surface area contributed by atoms with E-state index in [1.807, 2.05) is 0 Å². The molecule has 0 radical (unpaired) electrons. The highest BCUT2D eigenvalue weighted by Gasteiger charge is 2.38. The van der Waals surface area contributed by atoms with Crippen molar-refractivity contribution in [2.75, 3.05) is 31.1 Å². The average molecular weight is 377 g/mol. The van der Waals surface area contributed by atoms with Crippen LogP contribution in [0.4, 0.5) is 18.9 Å². The minimum absolute atomic E-state index is 0.207. The SMILES string of the molecule is COc1ccc(NC(=O)CSc2nnc(C(F)(F)F)n2N)cc1OC. The third-order valence-electron chi connectivity index (χ3n) is 2.92. The van der Waals surface area contributed by atoms with Gasteiger partial charge >= 0.3 is 6.18 Å². The van der Waals surface area contributed by atoms with E-state index in [1.54, 1.807) is 18.2 Å². The molecule has 1 aromatic carbocycles. The van der Waals surface area contributed by atoms with Crippen LogP contribution in [0.25, 0.3) is 0 Å². The van der Waals surface area contributed by atoms with Crippen molar-refractivity contribution in [2.24, 2.45) is 0 Å². The quantitative estimate of drug-likeness (QED) is 0.584. The number of amides is 1. The Bertz CT molecular complexity index is 766. The molecule has 136 valence electrons. The summed E-state index contributed by atoms with van der Waals surface area (Å²) in [5.74, 6) is 4.19. The predicted octanol–water partition coefficient (Wildman–Crippen LogP) is 1.76. The summed E-state index contributed by atoms with van der Waals surface area (Å²) in [4.78, 5) is 11.9. The maximum absolute atomic E-state index is 12.6. The van der Waals surface area contributed by atoms with Gasteiger partial charge in [0, 0.05) is 11.8 Å². The van der Waals surface area contributed by atoms with Gasteiger partial charge in [0.2, 0.25) is 11.1 Å². The van der Waals surface area contributed by atoms with E-state index < -0.39 is 17.9 Å². The number of anilines is 1. The van der Waals surface area contributed by atoms with Crippen LogP contribution in [0.15, 0.2) is 23.4 Å². The fraction of sp³-hybridized carbons (Fsp3) is 0.308. The van der Waals surface area contributed by atoms with Gasteiger partial charge in [-0.1, -0.05) is 11.8 Å². The second-order valence-corrected chi connectivity index (χ2v) is 5.52. The number of carbonyl (C=O) groups is 1. The molecule has 0 aliphatic carbocycles. The Balaban J connectivity index is 1.99. The van der Waals surface area contributed by atoms with E-state index in [2.05, 4.69) is 15.5 Å². The van der Waals surface area contributed by atoms with Crippen molar-refractivity contribution in [3.8, 4) is 11.5 Å². The Morgan fingerprint density at radius 2 is 1.96 bits per heavy atom. The van der Waals surface area contributed by atoms with Gasteiger partial charge in [0.1, 0.15) is 0 Å². The van der Waals surface area contributed by atoms with E-state index in [0.717, 1.165) is 11.8 Å². The van der Waals surface area contributed by atoms with E-state index in [-0.39, 0.29) is 10.9 Å². The first-order chi connectivity index (χ1) is 11.8. The highest BCUT2D eigenvalue weighted by molar-refractivity contribution is 7.99. The molecule has 0 saturated heterocycles. The summed E-state index contributed by atoms with van der Waals surface area (Å²) < 4.78 is 48.2. The number of hydrogen-bond donors (Lipinski definition) is 2. The topological polar surface area (TPSA) is 104 Å². The van der Waals surface area contributed by atoms with Gasteiger partial charge in [0.15, 0.2) is 11.5 Å². The number of methoxy groups -OCH3 is 2. The number of nitrogens with zero attached hydrogens (tertiary/aromatic N) is 3. The van der Waals surface area contributed by atoms with Crippen molar-refractivity contribution in [2.45, 2.75) is 11.3 Å². The van der Waals surface area contributed by atoms with Crippen molar-refractivity contribution >= 4 is 23.4 Å². The van der Waals surface area contributed by atoms with E-state index in [1.165, 1.54) is 14.2 Å². The van der Waals surface area contributed by atoms with Gasteiger partial charge in [0.05, 0.1) is 20.0 Å². The van der Waals surface area contributed by atoms with E-state index >= 15 is 0 Å². The summed E-state index contributed by atoms with van der Waals surface area (Å²) in [5, 5.41) is 8.65. The summed E-state index contributed by atoms with van der Waals surface area (Å²) in [6, 6.07) is 4.75. The zero-order chi connectivity index (χ0) is 18.6. The van der Waals surface area contributed by atoms with Crippen molar-refractivity contribution in [3.63, 3.8) is 0 Å². The number of alkyl halides is 3. The predicted molar refractivity (Wildman–Crippen MR) is 84.1 cm³/mol. The standard InChI is InChI=1S/C13H14F3N5O3S/c1-23-8-4-3-7(5-9(8)24-2)18-10(22)6-25-12-20-19-11(21(12)17)13(14,15)16/h3-5H,6,17H2,1-2H3,(H,18,22). The maximum atomic E-state index is 12.6. The molecular formula is C13H14F3N5O3S. The van der Waals surface area contributed by atoms with Gasteiger partial charge in [-0.3, -0.25) is 4.79 Å². The number of nitrogen functional groups attached to an aromatic ring is 1. The summed E-state index contributed by atoms with van der Waals surface area (Å²) >= 11 is 0.725. The number of nitrogens with one attached hydrogen (secondary N) is 1. The normalized spacial score (nSPS) is 11.2. The Morgan fingerprint density at radius 1 is 1.28 bits per heavy atom. The van der Waals surface area contributed by atoms with Crippen LogP contribution in [0, 0.1) is 0 Å². The summed E-state index contributed by atoms with van der Waals surface area (Å²) in [6.45, 7) is 0. The Labute approximate surface area is 144 Å². The lowest BCUT2D eigenvalue weighted by Crippen LogP contribution is -2.22. The molecule has 0 atom stereocenters. The van der Waals surface area contributed by atoms with Crippen LogP contribution in [0.1, 0.15) is 5.82 Å². The molecule has 0 unspecified atom stereocenters. The molecule has 3 N–H and O–H groups in total. The molecule has 0 fully saturated rings. The van der Waals surface area contributed by atoms with Crippen LogP contribution < -0.4 is 20.6 Å². The molecule has 0 saturated carbocycles. The largest absolute Gasteiger partial charge is 0.493 e. The van der Waals surface area contributed by atoms with Crippen LogP contribution in [-0.4, -0.2) is 40.8 Å². The molecular weight excluding hydrogens is 363 g/mol. The minimum atomic E-state index is -4.72. The summed E-state index contributed by atoms with van der Waals surface area (Å²) in [5.41, 5.74) is 0.438. The second kappa shape index (κ2) is 7.51. The van der Waals surface area contributed by atoms with Gasteiger partial charge in [-0.05, 0) is 12.1 Å².